The summed E-state index contributed by atoms with van der Waals surface area (Å²) in [5, 5.41) is 4.26. The average Bonchev–Trinajstić information content (AvgIpc) is 2.91. The highest BCUT2D eigenvalue weighted by Crippen LogP contribution is 2.24. The van der Waals surface area contributed by atoms with E-state index in [9.17, 15) is 13.6 Å². The Labute approximate surface area is 132 Å². The molecule has 1 unspecified atom stereocenters. The van der Waals surface area contributed by atoms with E-state index in [1.165, 1.54) is 4.90 Å². The Morgan fingerprint density at radius 1 is 1.39 bits per heavy atom. The Bertz CT molecular complexity index is 687. The van der Waals surface area contributed by atoms with Crippen LogP contribution < -0.4 is 4.90 Å². The largest absolute Gasteiger partial charge is 0.306 e. The highest BCUT2D eigenvalue weighted by molar-refractivity contribution is 5.95. The fraction of sp³-hybridized carbons (Fsp3) is 0.438. The van der Waals surface area contributed by atoms with Crippen LogP contribution in [-0.4, -0.2) is 33.6 Å². The topological polar surface area (TPSA) is 51.0 Å². The van der Waals surface area contributed by atoms with Crippen LogP contribution in [0, 0.1) is 12.8 Å². The van der Waals surface area contributed by atoms with Crippen molar-refractivity contribution in [3.05, 3.63) is 42.0 Å². The Morgan fingerprint density at radius 3 is 2.83 bits per heavy atom. The van der Waals surface area contributed by atoms with Crippen LogP contribution in [0.15, 0.2) is 30.3 Å². The second-order valence-electron chi connectivity index (χ2n) is 5.67. The smallest absolute Gasteiger partial charge is 0.256 e. The summed E-state index contributed by atoms with van der Waals surface area (Å²) in [6.45, 7) is 1.60. The van der Waals surface area contributed by atoms with E-state index < -0.39 is 13.0 Å². The molecule has 0 aliphatic carbocycles. The van der Waals surface area contributed by atoms with Crippen LogP contribution in [-0.2, 0) is 17.8 Å². The van der Waals surface area contributed by atoms with E-state index >= 15 is 0 Å². The number of halogens is 2. The summed E-state index contributed by atoms with van der Waals surface area (Å²) in [7, 11) is 0. The second-order valence-corrected chi connectivity index (χ2v) is 5.67. The monoisotopic (exact) mass is 320 g/mol. The van der Waals surface area contributed by atoms with Crippen molar-refractivity contribution in [3.8, 4) is 0 Å². The third-order valence-electron chi connectivity index (χ3n) is 3.97. The number of hydrogen-bond acceptors (Lipinski definition) is 3. The van der Waals surface area contributed by atoms with E-state index in [-0.39, 0.29) is 11.8 Å². The SMILES string of the molecule is Cc1nc2n(n1)CC(C(=O)N(CC(F)F)c1ccccc1)CC2. The molecular weight excluding hydrogens is 302 g/mol. The molecule has 5 nitrogen and oxygen atoms in total. The summed E-state index contributed by atoms with van der Waals surface area (Å²) in [5.74, 6) is 0.880. The van der Waals surface area contributed by atoms with Gasteiger partial charge >= 0.3 is 0 Å². The number of carbonyl (C=O) groups is 1. The zero-order valence-electron chi connectivity index (χ0n) is 12.8. The molecule has 3 rings (SSSR count). The normalized spacial score (nSPS) is 17.1. The van der Waals surface area contributed by atoms with E-state index in [2.05, 4.69) is 10.1 Å². The lowest BCUT2D eigenvalue weighted by Gasteiger charge is -2.29. The quantitative estimate of drug-likeness (QED) is 0.869. The Hall–Kier alpha value is -2.31. The molecule has 1 aromatic heterocycles. The molecule has 1 atom stereocenters. The molecule has 0 radical (unpaired) electrons. The lowest BCUT2D eigenvalue weighted by molar-refractivity contribution is -0.123. The summed E-state index contributed by atoms with van der Waals surface area (Å²) in [5.41, 5.74) is 0.498. The first kappa shape index (κ1) is 15.6. The lowest BCUT2D eigenvalue weighted by Crippen LogP contribution is -2.42. The van der Waals surface area contributed by atoms with Crippen LogP contribution >= 0.6 is 0 Å². The van der Waals surface area contributed by atoms with Crippen molar-refractivity contribution in [2.75, 3.05) is 11.4 Å². The van der Waals surface area contributed by atoms with Crippen LogP contribution in [0.5, 0.6) is 0 Å². The minimum absolute atomic E-state index is 0.282. The fourth-order valence-electron chi connectivity index (χ4n) is 2.92. The molecule has 2 aromatic rings. The van der Waals surface area contributed by atoms with Gasteiger partial charge in [-0.3, -0.25) is 4.79 Å². The second kappa shape index (κ2) is 6.44. The maximum absolute atomic E-state index is 12.9. The molecule has 2 heterocycles. The molecule has 0 N–H and O–H groups in total. The van der Waals surface area contributed by atoms with Gasteiger partial charge in [0.15, 0.2) is 0 Å². The Morgan fingerprint density at radius 2 is 2.13 bits per heavy atom. The number of amides is 1. The maximum Gasteiger partial charge on any atom is 0.256 e. The van der Waals surface area contributed by atoms with E-state index in [1.807, 2.05) is 0 Å². The van der Waals surface area contributed by atoms with Gasteiger partial charge in [-0.2, -0.15) is 5.10 Å². The number of hydrogen-bond donors (Lipinski definition) is 0. The van der Waals surface area contributed by atoms with Gasteiger partial charge in [-0.1, -0.05) is 18.2 Å². The first-order valence-electron chi connectivity index (χ1n) is 7.59. The van der Waals surface area contributed by atoms with Gasteiger partial charge in [-0.25, -0.2) is 18.4 Å². The van der Waals surface area contributed by atoms with Gasteiger partial charge in [0.2, 0.25) is 5.91 Å². The summed E-state index contributed by atoms with van der Waals surface area (Å²) < 4.78 is 27.6. The molecule has 0 fully saturated rings. The minimum Gasteiger partial charge on any atom is -0.306 e. The molecule has 1 amide bonds. The van der Waals surface area contributed by atoms with Crippen molar-refractivity contribution in [1.29, 1.82) is 0 Å². The van der Waals surface area contributed by atoms with Crippen molar-refractivity contribution in [2.24, 2.45) is 5.92 Å². The van der Waals surface area contributed by atoms with Crippen LogP contribution in [0.4, 0.5) is 14.5 Å². The van der Waals surface area contributed by atoms with Crippen LogP contribution in [0.2, 0.25) is 0 Å². The number of benzene rings is 1. The standard InChI is InChI=1S/C16H18F2N4O/c1-11-19-15-8-7-12(9-22(15)20-11)16(23)21(10-14(17)18)13-5-3-2-4-6-13/h2-6,12,14H,7-10H2,1H3. The number of rotatable bonds is 4. The number of fused-ring (bicyclic) bond motifs is 1. The summed E-state index contributed by atoms with van der Waals surface area (Å²) in [6.07, 6.45) is -1.34. The number of aromatic nitrogens is 3. The van der Waals surface area contributed by atoms with Crippen molar-refractivity contribution in [2.45, 2.75) is 32.7 Å². The van der Waals surface area contributed by atoms with E-state index in [1.54, 1.807) is 41.9 Å². The van der Waals surface area contributed by atoms with Gasteiger partial charge in [0.1, 0.15) is 11.6 Å². The molecule has 1 aromatic carbocycles. The Balaban J connectivity index is 1.81. The van der Waals surface area contributed by atoms with E-state index in [4.69, 9.17) is 0 Å². The fourth-order valence-corrected chi connectivity index (χ4v) is 2.92. The van der Waals surface area contributed by atoms with E-state index in [0.29, 0.717) is 30.9 Å². The first-order chi connectivity index (χ1) is 11.0. The van der Waals surface area contributed by atoms with Crippen LogP contribution in [0.25, 0.3) is 0 Å². The zero-order chi connectivity index (χ0) is 16.4. The maximum atomic E-state index is 12.9. The van der Waals surface area contributed by atoms with Gasteiger partial charge in [-0.05, 0) is 25.5 Å². The van der Waals surface area contributed by atoms with Crippen molar-refractivity contribution in [1.82, 2.24) is 14.8 Å². The lowest BCUT2D eigenvalue weighted by atomic mass is 9.98. The van der Waals surface area contributed by atoms with Gasteiger partial charge in [0, 0.05) is 12.1 Å². The number of para-hydroxylation sites is 1. The molecule has 0 spiro atoms. The zero-order valence-corrected chi connectivity index (χ0v) is 12.8. The van der Waals surface area contributed by atoms with Crippen molar-refractivity contribution >= 4 is 11.6 Å². The molecule has 122 valence electrons. The number of carbonyl (C=O) groups excluding carboxylic acids is 1. The highest BCUT2D eigenvalue weighted by Gasteiger charge is 2.31. The number of anilines is 1. The average molecular weight is 320 g/mol. The van der Waals surface area contributed by atoms with Crippen LogP contribution in [0.1, 0.15) is 18.1 Å². The molecule has 23 heavy (non-hydrogen) atoms. The van der Waals surface area contributed by atoms with E-state index in [0.717, 1.165) is 5.82 Å². The summed E-state index contributed by atoms with van der Waals surface area (Å²) >= 11 is 0. The number of aryl methyl sites for hydroxylation is 2. The molecule has 0 bridgehead atoms. The molecule has 0 saturated heterocycles. The molecule has 1 aliphatic rings. The van der Waals surface area contributed by atoms with Gasteiger partial charge < -0.3 is 4.90 Å². The third kappa shape index (κ3) is 3.38. The first-order valence-corrected chi connectivity index (χ1v) is 7.59. The predicted octanol–water partition coefficient (Wildman–Crippen LogP) is 2.45. The summed E-state index contributed by atoms with van der Waals surface area (Å²) in [4.78, 5) is 18.3. The Kier molecular flexibility index (Phi) is 4.36. The van der Waals surface area contributed by atoms with Crippen molar-refractivity contribution in [3.63, 3.8) is 0 Å². The molecule has 1 aliphatic heterocycles. The molecule has 0 saturated carbocycles. The highest BCUT2D eigenvalue weighted by atomic mass is 19.3. The third-order valence-corrected chi connectivity index (χ3v) is 3.97. The minimum atomic E-state index is -2.58. The number of alkyl halides is 2. The summed E-state index contributed by atoms with van der Waals surface area (Å²) in [6, 6.07) is 8.61. The van der Waals surface area contributed by atoms with Gasteiger partial charge in [0.05, 0.1) is 19.0 Å². The molecule has 7 heteroatoms. The van der Waals surface area contributed by atoms with Gasteiger partial charge in [-0.15, -0.1) is 0 Å². The molecular formula is C16H18F2N4O. The predicted molar refractivity (Wildman–Crippen MR) is 81.4 cm³/mol. The van der Waals surface area contributed by atoms with Crippen molar-refractivity contribution < 1.29 is 13.6 Å². The number of nitrogens with zero attached hydrogens (tertiary/aromatic N) is 4. The van der Waals surface area contributed by atoms with Crippen LogP contribution in [0.3, 0.4) is 0 Å². The van der Waals surface area contributed by atoms with Gasteiger partial charge in [0.25, 0.3) is 6.43 Å².